The number of hydrogen-bond acceptors (Lipinski definition) is 4. The molecule has 0 heterocycles. The van der Waals surface area contributed by atoms with Gasteiger partial charge in [0, 0.05) is 0 Å². The highest BCUT2D eigenvalue weighted by Crippen LogP contribution is 2.07. The highest BCUT2D eigenvalue weighted by molar-refractivity contribution is 5.20. The van der Waals surface area contributed by atoms with Gasteiger partial charge in [0.25, 0.3) is 5.09 Å². The molecule has 0 aliphatic rings. The molecule has 0 aromatic heterocycles. The molecule has 0 atom stereocenters. The first kappa shape index (κ1) is 12.5. The molecule has 0 aliphatic heterocycles. The fourth-order valence-corrected chi connectivity index (χ4v) is 0.995. The maximum atomic E-state index is 9.75. The lowest BCUT2D eigenvalue weighted by molar-refractivity contribution is -0.711. The van der Waals surface area contributed by atoms with Crippen LogP contribution in [0.1, 0.15) is 0 Å². The second-order valence-electron chi connectivity index (χ2n) is 2.96. The zero-order valence-corrected chi connectivity index (χ0v) is 8.89. The molecule has 0 fully saturated rings. The number of para-hydroxylation sites is 2. The summed E-state index contributed by atoms with van der Waals surface area (Å²) < 4.78 is 0. The third kappa shape index (κ3) is 5.78. The minimum atomic E-state index is -0.838. The largest absolute Gasteiger partial charge is 0.508 e. The van der Waals surface area contributed by atoms with Crippen LogP contribution in [0.3, 0.4) is 0 Å². The summed E-state index contributed by atoms with van der Waals surface area (Å²) in [5.41, 5.74) is 0. The van der Waals surface area contributed by atoms with Crippen molar-refractivity contribution in [1.82, 2.24) is 0 Å². The van der Waals surface area contributed by atoms with Crippen LogP contribution in [0, 0.1) is 10.1 Å². The average Bonchev–Trinajstić information content (AvgIpc) is 2.31. The molecule has 0 spiro atoms. The fourth-order valence-electron chi connectivity index (χ4n) is 0.995. The van der Waals surface area contributed by atoms with E-state index in [1.807, 2.05) is 6.07 Å². The lowest BCUT2D eigenvalue weighted by atomic mass is 10.3. The Balaban J connectivity index is 0.000000181. The van der Waals surface area contributed by atoms with Crippen LogP contribution in [0.4, 0.5) is 0 Å². The highest BCUT2D eigenvalue weighted by atomic mass is 17.0. The van der Waals surface area contributed by atoms with Gasteiger partial charge in [-0.25, -0.2) is 0 Å². The van der Waals surface area contributed by atoms with E-state index in [9.17, 15) is 10.1 Å². The van der Waals surface area contributed by atoms with Gasteiger partial charge >= 0.3 is 0 Å². The van der Waals surface area contributed by atoms with Gasteiger partial charge in [-0.05, 0) is 24.3 Å². The Hall–Kier alpha value is -2.56. The van der Waals surface area contributed by atoms with Crippen molar-refractivity contribution in [1.29, 1.82) is 0 Å². The standard InChI is InChI=1S/C6H5NO3.C6H6O/c8-7(9)10-6-4-2-1-3-5-6;7-6-4-2-1-3-5-6/h1-5H;1-5,7H. The minimum absolute atomic E-state index is 0.243. The molecule has 17 heavy (non-hydrogen) atoms. The van der Waals surface area contributed by atoms with Crippen molar-refractivity contribution >= 4 is 0 Å². The monoisotopic (exact) mass is 233 g/mol. The van der Waals surface area contributed by atoms with Crippen molar-refractivity contribution in [2.45, 2.75) is 0 Å². The zero-order valence-electron chi connectivity index (χ0n) is 8.89. The van der Waals surface area contributed by atoms with Crippen LogP contribution in [0.5, 0.6) is 11.5 Å². The molecule has 2 aromatic rings. The molecule has 0 saturated heterocycles. The molecule has 5 heteroatoms. The molecule has 0 saturated carbocycles. The van der Waals surface area contributed by atoms with Gasteiger partial charge in [0.05, 0.1) is 0 Å². The van der Waals surface area contributed by atoms with Gasteiger partial charge in [-0.3, -0.25) is 4.84 Å². The summed E-state index contributed by atoms with van der Waals surface area (Å²) in [6.45, 7) is 0. The van der Waals surface area contributed by atoms with Crippen LogP contribution in [0.2, 0.25) is 0 Å². The van der Waals surface area contributed by atoms with E-state index in [0.29, 0.717) is 5.75 Å². The molecule has 0 radical (unpaired) electrons. The Morgan fingerprint density at radius 2 is 1.41 bits per heavy atom. The topological polar surface area (TPSA) is 72.6 Å². The van der Waals surface area contributed by atoms with E-state index in [1.54, 1.807) is 42.5 Å². The molecule has 1 N–H and O–H groups in total. The number of phenols is 1. The van der Waals surface area contributed by atoms with E-state index in [-0.39, 0.29) is 5.75 Å². The van der Waals surface area contributed by atoms with E-state index >= 15 is 0 Å². The lowest BCUT2D eigenvalue weighted by Gasteiger charge is -1.93. The summed E-state index contributed by atoms with van der Waals surface area (Å²) >= 11 is 0. The van der Waals surface area contributed by atoms with Gasteiger partial charge in [0.1, 0.15) is 11.5 Å². The first-order valence-corrected chi connectivity index (χ1v) is 4.80. The van der Waals surface area contributed by atoms with Crippen molar-refractivity contribution < 1.29 is 15.0 Å². The molecular weight excluding hydrogens is 222 g/mol. The van der Waals surface area contributed by atoms with Crippen LogP contribution in [-0.4, -0.2) is 10.2 Å². The normalized spacial score (nSPS) is 8.71. The molecule has 0 amide bonds. The number of hydrogen-bond donors (Lipinski definition) is 1. The van der Waals surface area contributed by atoms with Gasteiger partial charge in [0.2, 0.25) is 0 Å². The first-order chi connectivity index (χ1) is 8.18. The average molecular weight is 233 g/mol. The van der Waals surface area contributed by atoms with E-state index < -0.39 is 5.09 Å². The maximum absolute atomic E-state index is 9.75. The fraction of sp³-hybridized carbons (Fsp3) is 0. The predicted molar refractivity (Wildman–Crippen MR) is 62.2 cm³/mol. The molecule has 0 unspecified atom stereocenters. The van der Waals surface area contributed by atoms with E-state index in [2.05, 4.69) is 4.84 Å². The predicted octanol–water partition coefficient (Wildman–Crippen LogP) is 2.65. The first-order valence-electron chi connectivity index (χ1n) is 4.80. The molecule has 2 rings (SSSR count). The zero-order chi connectivity index (χ0) is 12.5. The molecule has 5 nitrogen and oxygen atoms in total. The Morgan fingerprint density at radius 1 is 0.941 bits per heavy atom. The Bertz CT molecular complexity index is 445. The van der Waals surface area contributed by atoms with E-state index in [4.69, 9.17) is 5.11 Å². The highest BCUT2D eigenvalue weighted by Gasteiger charge is 1.94. The molecular formula is C12H11NO4. The van der Waals surface area contributed by atoms with Gasteiger partial charge in [-0.15, -0.1) is 10.1 Å². The summed E-state index contributed by atoms with van der Waals surface area (Å²) in [4.78, 5) is 13.9. The van der Waals surface area contributed by atoms with Gasteiger partial charge in [-0.2, -0.15) is 0 Å². The van der Waals surface area contributed by atoms with Gasteiger partial charge in [-0.1, -0.05) is 36.4 Å². The van der Waals surface area contributed by atoms with E-state index in [0.717, 1.165) is 0 Å². The SMILES string of the molecule is O=[N+]([O-])Oc1ccccc1.Oc1ccccc1. The summed E-state index contributed by atoms with van der Waals surface area (Å²) in [5, 5.41) is 17.5. The van der Waals surface area contributed by atoms with E-state index in [1.165, 1.54) is 12.1 Å². The third-order valence-electron chi connectivity index (χ3n) is 1.68. The second-order valence-corrected chi connectivity index (χ2v) is 2.96. The lowest BCUT2D eigenvalue weighted by Crippen LogP contribution is -2.02. The molecule has 0 bridgehead atoms. The summed E-state index contributed by atoms with van der Waals surface area (Å²) in [5.74, 6) is 0.565. The quantitative estimate of drug-likeness (QED) is 0.639. The van der Waals surface area contributed by atoms with Crippen molar-refractivity contribution in [3.8, 4) is 11.5 Å². The van der Waals surface area contributed by atoms with Gasteiger partial charge in [0.15, 0.2) is 0 Å². The van der Waals surface area contributed by atoms with Crippen LogP contribution < -0.4 is 4.84 Å². The van der Waals surface area contributed by atoms with Crippen LogP contribution >= 0.6 is 0 Å². The second kappa shape index (κ2) is 6.84. The molecule has 2 aromatic carbocycles. The Kier molecular flexibility index (Phi) is 5.03. The molecule has 88 valence electrons. The van der Waals surface area contributed by atoms with Gasteiger partial charge < -0.3 is 5.11 Å². The number of benzene rings is 2. The number of aromatic hydroxyl groups is 1. The van der Waals surface area contributed by atoms with Crippen molar-refractivity contribution in [2.24, 2.45) is 0 Å². The van der Waals surface area contributed by atoms with Crippen molar-refractivity contribution in [2.75, 3.05) is 0 Å². The van der Waals surface area contributed by atoms with Crippen molar-refractivity contribution in [3.05, 3.63) is 70.8 Å². The smallest absolute Gasteiger partial charge is 0.299 e. The van der Waals surface area contributed by atoms with Crippen molar-refractivity contribution in [3.63, 3.8) is 0 Å². The number of rotatable bonds is 2. The Labute approximate surface area is 98.0 Å². The van der Waals surface area contributed by atoms with Crippen LogP contribution in [0.15, 0.2) is 60.7 Å². The summed E-state index contributed by atoms with van der Waals surface area (Å²) in [6, 6.07) is 16.8. The minimum Gasteiger partial charge on any atom is -0.508 e. The molecule has 0 aliphatic carbocycles. The maximum Gasteiger partial charge on any atom is 0.299 e. The Morgan fingerprint density at radius 3 is 1.76 bits per heavy atom. The summed E-state index contributed by atoms with van der Waals surface area (Å²) in [7, 11) is 0. The summed E-state index contributed by atoms with van der Waals surface area (Å²) in [6.07, 6.45) is 0. The van der Waals surface area contributed by atoms with Crippen LogP contribution in [-0.2, 0) is 0 Å². The third-order valence-corrected chi connectivity index (χ3v) is 1.68. The number of phenolic OH excluding ortho intramolecular Hbond substituents is 1. The van der Waals surface area contributed by atoms with Crippen LogP contribution in [0.25, 0.3) is 0 Å². The number of nitrogens with zero attached hydrogens (tertiary/aromatic N) is 1.